The van der Waals surface area contributed by atoms with Crippen molar-refractivity contribution < 1.29 is 4.74 Å². The van der Waals surface area contributed by atoms with Gasteiger partial charge < -0.3 is 15.0 Å². The van der Waals surface area contributed by atoms with Gasteiger partial charge in [-0.15, -0.1) is 0 Å². The second-order valence-electron chi connectivity index (χ2n) is 9.46. The molecule has 0 radical (unpaired) electrons. The van der Waals surface area contributed by atoms with Crippen LogP contribution in [0.5, 0.6) is 5.75 Å². The second kappa shape index (κ2) is 10.6. The van der Waals surface area contributed by atoms with Crippen LogP contribution in [0.1, 0.15) is 68.9 Å². The average molecular weight is 385 g/mol. The fourth-order valence-electron chi connectivity index (χ4n) is 5.47. The summed E-state index contributed by atoms with van der Waals surface area (Å²) in [6.07, 6.45) is 14.9. The maximum absolute atomic E-state index is 6.05. The minimum absolute atomic E-state index is 0.827. The Morgan fingerprint density at radius 3 is 2.64 bits per heavy atom. The highest BCUT2D eigenvalue weighted by atomic mass is 16.5. The largest absolute Gasteiger partial charge is 0.494 e. The lowest BCUT2D eigenvalue weighted by Gasteiger charge is -2.28. The van der Waals surface area contributed by atoms with Gasteiger partial charge in [-0.3, -0.25) is 0 Å². The van der Waals surface area contributed by atoms with Crippen LogP contribution < -0.4 is 10.1 Å². The zero-order chi connectivity index (χ0) is 19.0. The molecule has 4 rings (SSSR count). The van der Waals surface area contributed by atoms with E-state index in [0.29, 0.717) is 0 Å². The Labute approximate surface area is 172 Å². The molecule has 28 heavy (non-hydrogen) atoms. The van der Waals surface area contributed by atoms with Crippen LogP contribution in [0.2, 0.25) is 0 Å². The van der Waals surface area contributed by atoms with Crippen molar-refractivity contribution >= 4 is 0 Å². The molecule has 1 saturated heterocycles. The smallest absolute Gasteiger partial charge is 0.119 e. The molecular weight excluding hydrogens is 344 g/mol. The van der Waals surface area contributed by atoms with Crippen molar-refractivity contribution in [1.29, 1.82) is 0 Å². The monoisotopic (exact) mass is 384 g/mol. The van der Waals surface area contributed by atoms with Gasteiger partial charge in [-0.1, -0.05) is 25.3 Å². The molecule has 0 aromatic heterocycles. The molecule has 3 heteroatoms. The topological polar surface area (TPSA) is 24.5 Å². The Bertz CT molecular complexity index is 590. The van der Waals surface area contributed by atoms with E-state index >= 15 is 0 Å². The molecule has 0 spiro atoms. The fourth-order valence-corrected chi connectivity index (χ4v) is 5.47. The van der Waals surface area contributed by atoms with E-state index in [1.807, 2.05) is 0 Å². The molecule has 1 atom stereocenters. The highest BCUT2D eigenvalue weighted by Gasteiger charge is 2.22. The maximum Gasteiger partial charge on any atom is 0.119 e. The van der Waals surface area contributed by atoms with E-state index in [2.05, 4.69) is 28.4 Å². The molecule has 1 aromatic carbocycles. The first-order valence-electron chi connectivity index (χ1n) is 12.0. The summed E-state index contributed by atoms with van der Waals surface area (Å²) in [5.74, 6) is 2.85. The van der Waals surface area contributed by atoms with Crippen LogP contribution in [-0.2, 0) is 12.8 Å². The molecule has 1 N–H and O–H groups in total. The minimum atomic E-state index is 0.827. The zero-order valence-corrected chi connectivity index (χ0v) is 17.8. The molecule has 2 aliphatic carbocycles. The summed E-state index contributed by atoms with van der Waals surface area (Å²) in [5.41, 5.74) is 3.10. The lowest BCUT2D eigenvalue weighted by molar-refractivity contribution is 0.261. The van der Waals surface area contributed by atoms with Gasteiger partial charge >= 0.3 is 0 Å². The molecule has 0 amide bonds. The summed E-state index contributed by atoms with van der Waals surface area (Å²) in [6.45, 7) is 7.08. The molecule has 1 aromatic rings. The number of nitrogens with one attached hydrogen (secondary N) is 1. The SMILES string of the molecule is c1cc2c(cc1OCCCNCC1CCCCC1)CCC(CN1CCCC1)C2. The van der Waals surface area contributed by atoms with Crippen LogP contribution in [-0.4, -0.2) is 44.2 Å². The quantitative estimate of drug-likeness (QED) is 0.617. The van der Waals surface area contributed by atoms with Crippen LogP contribution in [0, 0.1) is 11.8 Å². The minimum Gasteiger partial charge on any atom is -0.494 e. The second-order valence-corrected chi connectivity index (χ2v) is 9.46. The number of fused-ring (bicyclic) bond motifs is 1. The van der Waals surface area contributed by atoms with Crippen LogP contribution in [0.25, 0.3) is 0 Å². The summed E-state index contributed by atoms with van der Waals surface area (Å²) in [5, 5.41) is 3.64. The number of likely N-dealkylation sites (tertiary alicyclic amines) is 1. The highest BCUT2D eigenvalue weighted by Crippen LogP contribution is 2.30. The predicted octanol–water partition coefficient (Wildman–Crippen LogP) is 4.83. The molecule has 1 saturated carbocycles. The molecule has 3 nitrogen and oxygen atoms in total. The number of hydrogen-bond donors (Lipinski definition) is 1. The number of benzene rings is 1. The van der Waals surface area contributed by atoms with Crippen LogP contribution in [0.15, 0.2) is 18.2 Å². The molecule has 2 fully saturated rings. The van der Waals surface area contributed by atoms with Crippen LogP contribution in [0.4, 0.5) is 0 Å². The van der Waals surface area contributed by atoms with Gasteiger partial charge in [0.2, 0.25) is 0 Å². The van der Waals surface area contributed by atoms with Gasteiger partial charge in [0.05, 0.1) is 6.61 Å². The van der Waals surface area contributed by atoms with Gasteiger partial charge in [0, 0.05) is 6.54 Å². The third-order valence-corrected chi connectivity index (χ3v) is 7.15. The van der Waals surface area contributed by atoms with Gasteiger partial charge in [0.1, 0.15) is 5.75 Å². The van der Waals surface area contributed by atoms with Crippen molar-refractivity contribution in [2.75, 3.05) is 39.3 Å². The summed E-state index contributed by atoms with van der Waals surface area (Å²) in [7, 11) is 0. The zero-order valence-electron chi connectivity index (χ0n) is 17.8. The summed E-state index contributed by atoms with van der Waals surface area (Å²) in [6, 6.07) is 6.85. The predicted molar refractivity (Wildman–Crippen MR) is 117 cm³/mol. The van der Waals surface area contributed by atoms with E-state index in [-0.39, 0.29) is 0 Å². The Morgan fingerprint density at radius 2 is 1.79 bits per heavy atom. The van der Waals surface area contributed by atoms with E-state index in [1.165, 1.54) is 96.0 Å². The lowest BCUT2D eigenvalue weighted by atomic mass is 9.83. The first kappa shape index (κ1) is 20.2. The van der Waals surface area contributed by atoms with Crippen molar-refractivity contribution in [3.8, 4) is 5.75 Å². The van der Waals surface area contributed by atoms with Crippen LogP contribution in [0.3, 0.4) is 0 Å². The number of rotatable bonds is 9. The molecule has 0 bridgehead atoms. The maximum atomic E-state index is 6.05. The van der Waals surface area contributed by atoms with E-state index in [4.69, 9.17) is 4.74 Å². The first-order chi connectivity index (χ1) is 13.9. The van der Waals surface area contributed by atoms with Crippen molar-refractivity contribution in [3.05, 3.63) is 29.3 Å². The standard InChI is InChI=1S/C25H40N2O/c1-2-7-21(8-3-1)19-26-13-6-16-28-25-12-11-23-17-22(9-10-24(23)18-25)20-27-14-4-5-15-27/h11-12,18,21-22,26H,1-10,13-17,19-20H2. The Kier molecular flexibility index (Phi) is 7.69. The number of ether oxygens (including phenoxy) is 1. The van der Waals surface area contributed by atoms with E-state index < -0.39 is 0 Å². The Morgan fingerprint density at radius 1 is 0.929 bits per heavy atom. The molecule has 156 valence electrons. The van der Waals surface area contributed by atoms with Crippen LogP contribution >= 0.6 is 0 Å². The molecule has 1 aliphatic heterocycles. The van der Waals surface area contributed by atoms with Crippen molar-refractivity contribution in [3.63, 3.8) is 0 Å². The van der Waals surface area contributed by atoms with E-state index in [0.717, 1.165) is 37.2 Å². The Balaban J connectivity index is 1.13. The molecular formula is C25H40N2O. The van der Waals surface area contributed by atoms with Crippen molar-refractivity contribution in [1.82, 2.24) is 10.2 Å². The highest BCUT2D eigenvalue weighted by molar-refractivity contribution is 5.37. The van der Waals surface area contributed by atoms with Gasteiger partial charge in [0.25, 0.3) is 0 Å². The van der Waals surface area contributed by atoms with Crippen molar-refractivity contribution in [2.24, 2.45) is 11.8 Å². The number of aryl methyl sites for hydroxylation is 1. The van der Waals surface area contributed by atoms with E-state index in [1.54, 1.807) is 5.56 Å². The average Bonchev–Trinajstić information content (AvgIpc) is 3.24. The summed E-state index contributed by atoms with van der Waals surface area (Å²) >= 11 is 0. The fraction of sp³-hybridized carbons (Fsp3) is 0.760. The van der Waals surface area contributed by atoms with Gasteiger partial charge in [-0.25, -0.2) is 0 Å². The number of hydrogen-bond acceptors (Lipinski definition) is 3. The van der Waals surface area contributed by atoms with E-state index in [9.17, 15) is 0 Å². The molecule has 3 aliphatic rings. The third-order valence-electron chi connectivity index (χ3n) is 7.15. The van der Waals surface area contributed by atoms with Gasteiger partial charge in [0.15, 0.2) is 0 Å². The lowest BCUT2D eigenvalue weighted by Crippen LogP contribution is -2.30. The third kappa shape index (κ3) is 5.97. The van der Waals surface area contributed by atoms with Gasteiger partial charge in [-0.05, 0) is 113 Å². The summed E-state index contributed by atoms with van der Waals surface area (Å²) < 4.78 is 6.05. The first-order valence-corrected chi connectivity index (χ1v) is 12.0. The molecule has 1 heterocycles. The summed E-state index contributed by atoms with van der Waals surface area (Å²) in [4.78, 5) is 2.68. The molecule has 1 unspecified atom stereocenters. The Hall–Kier alpha value is -1.06. The van der Waals surface area contributed by atoms with Crippen molar-refractivity contribution in [2.45, 2.75) is 70.6 Å². The number of nitrogens with zero attached hydrogens (tertiary/aromatic N) is 1. The van der Waals surface area contributed by atoms with Gasteiger partial charge in [-0.2, -0.15) is 0 Å². The normalized spacial score (nSPS) is 23.6.